The van der Waals surface area contributed by atoms with Crippen molar-refractivity contribution in [3.63, 3.8) is 0 Å². The predicted octanol–water partition coefficient (Wildman–Crippen LogP) is 2.10. The van der Waals surface area contributed by atoms with Gasteiger partial charge in [0.25, 0.3) is 0 Å². The molecule has 0 aliphatic carbocycles. The van der Waals surface area contributed by atoms with Crippen LogP contribution in [0.5, 0.6) is 0 Å². The van der Waals surface area contributed by atoms with E-state index in [0.717, 1.165) is 21.8 Å². The van der Waals surface area contributed by atoms with Gasteiger partial charge in [-0.15, -0.1) is 11.3 Å². The second kappa shape index (κ2) is 8.55. The van der Waals surface area contributed by atoms with Crippen molar-refractivity contribution in [2.75, 3.05) is 13.1 Å². The maximum Gasteiger partial charge on any atom is 0.240 e. The first kappa shape index (κ1) is 19.6. The summed E-state index contributed by atoms with van der Waals surface area (Å²) in [5.74, 6) is -0.185. The van der Waals surface area contributed by atoms with Crippen LogP contribution in [0.3, 0.4) is 0 Å². The zero-order valence-electron chi connectivity index (χ0n) is 14.6. The maximum atomic E-state index is 12.2. The molecule has 0 saturated heterocycles. The van der Waals surface area contributed by atoms with Gasteiger partial charge >= 0.3 is 0 Å². The van der Waals surface area contributed by atoms with Gasteiger partial charge < -0.3 is 5.32 Å². The first-order valence-corrected chi connectivity index (χ1v) is 10.4. The smallest absolute Gasteiger partial charge is 0.240 e. The van der Waals surface area contributed by atoms with Crippen LogP contribution in [0.2, 0.25) is 0 Å². The van der Waals surface area contributed by atoms with E-state index in [1.807, 2.05) is 26.2 Å². The first-order valence-electron chi connectivity index (χ1n) is 8.02. The minimum Gasteiger partial charge on any atom is -0.356 e. The summed E-state index contributed by atoms with van der Waals surface area (Å²) < 4.78 is 26.9. The monoisotopic (exact) mass is 381 g/mol. The van der Waals surface area contributed by atoms with Gasteiger partial charge in [-0.2, -0.15) is 0 Å². The molecular formula is C17H23N3O3S2. The van der Waals surface area contributed by atoms with Crippen molar-refractivity contribution in [2.24, 2.45) is 0 Å². The number of nitrogens with zero attached hydrogens (tertiary/aromatic N) is 1. The molecule has 0 radical (unpaired) electrons. The summed E-state index contributed by atoms with van der Waals surface area (Å²) in [4.78, 5) is 16.3. The Morgan fingerprint density at radius 3 is 2.56 bits per heavy atom. The molecule has 1 aromatic carbocycles. The largest absolute Gasteiger partial charge is 0.356 e. The highest BCUT2D eigenvalue weighted by Crippen LogP contribution is 2.14. The van der Waals surface area contributed by atoms with Crippen molar-refractivity contribution in [1.29, 1.82) is 0 Å². The quantitative estimate of drug-likeness (QED) is 0.733. The minimum atomic E-state index is -3.59. The molecule has 0 atom stereocenters. The Bertz CT molecular complexity index is 845. The van der Waals surface area contributed by atoms with Crippen LogP contribution in [-0.2, 0) is 21.2 Å². The van der Waals surface area contributed by atoms with Gasteiger partial charge in [0.05, 0.1) is 15.6 Å². The van der Waals surface area contributed by atoms with Crippen LogP contribution >= 0.6 is 11.3 Å². The Balaban J connectivity index is 1.75. The molecule has 2 N–H and O–H groups in total. The molecule has 0 unspecified atom stereocenters. The van der Waals surface area contributed by atoms with Gasteiger partial charge in [-0.05, 0) is 44.0 Å². The van der Waals surface area contributed by atoms with Crippen molar-refractivity contribution < 1.29 is 13.2 Å². The van der Waals surface area contributed by atoms with E-state index in [1.54, 1.807) is 29.5 Å². The fraction of sp³-hybridized carbons (Fsp3) is 0.412. The van der Waals surface area contributed by atoms with Gasteiger partial charge in [-0.1, -0.05) is 6.07 Å². The van der Waals surface area contributed by atoms with Crippen molar-refractivity contribution in [1.82, 2.24) is 15.0 Å². The zero-order valence-corrected chi connectivity index (χ0v) is 16.3. The number of amides is 1. The van der Waals surface area contributed by atoms with Crippen LogP contribution < -0.4 is 10.0 Å². The van der Waals surface area contributed by atoms with Crippen LogP contribution in [0.15, 0.2) is 28.5 Å². The fourth-order valence-electron chi connectivity index (χ4n) is 2.20. The number of nitrogens with one attached hydrogen (secondary N) is 2. The number of aromatic nitrogens is 1. The third kappa shape index (κ3) is 5.91. The predicted molar refractivity (Wildman–Crippen MR) is 99.3 cm³/mol. The molecule has 1 heterocycles. The van der Waals surface area contributed by atoms with Crippen LogP contribution in [0.25, 0.3) is 0 Å². The Kier molecular flexibility index (Phi) is 6.69. The van der Waals surface area contributed by atoms with Crippen LogP contribution in [0, 0.1) is 20.8 Å². The van der Waals surface area contributed by atoms with E-state index >= 15 is 0 Å². The molecule has 0 aliphatic heterocycles. The van der Waals surface area contributed by atoms with E-state index in [9.17, 15) is 13.2 Å². The molecule has 1 amide bonds. The maximum absolute atomic E-state index is 12.2. The normalized spacial score (nSPS) is 11.5. The van der Waals surface area contributed by atoms with E-state index in [2.05, 4.69) is 15.0 Å². The number of hydrogen-bond acceptors (Lipinski definition) is 5. The molecule has 8 heteroatoms. The molecule has 2 rings (SSSR count). The second-order valence-corrected chi connectivity index (χ2v) is 8.68. The summed E-state index contributed by atoms with van der Waals surface area (Å²) in [5, 5.41) is 5.75. The van der Waals surface area contributed by atoms with Gasteiger partial charge in [-0.3, -0.25) is 4.79 Å². The number of thiazole rings is 1. The molecule has 2 aromatic rings. The Morgan fingerprint density at radius 1 is 1.16 bits per heavy atom. The first-order chi connectivity index (χ1) is 11.8. The number of carbonyl (C=O) groups excluding carboxylic acids is 1. The third-order valence-electron chi connectivity index (χ3n) is 3.80. The molecule has 0 fully saturated rings. The number of carbonyl (C=O) groups is 1. The summed E-state index contributed by atoms with van der Waals surface area (Å²) in [6.45, 7) is 6.29. The van der Waals surface area contributed by atoms with Gasteiger partial charge in [0.15, 0.2) is 0 Å². The Labute approximate surface area is 152 Å². The molecule has 0 spiro atoms. The van der Waals surface area contributed by atoms with E-state index in [4.69, 9.17) is 0 Å². The molecule has 25 heavy (non-hydrogen) atoms. The van der Waals surface area contributed by atoms with E-state index in [0.29, 0.717) is 13.0 Å². The SMILES string of the molecule is Cc1nc(CCNC(=O)CCNS(=O)(=O)c2ccc(C)c(C)c2)cs1. The van der Waals surface area contributed by atoms with Gasteiger partial charge in [0.2, 0.25) is 15.9 Å². The Morgan fingerprint density at radius 2 is 1.92 bits per heavy atom. The second-order valence-electron chi connectivity index (χ2n) is 5.85. The lowest BCUT2D eigenvalue weighted by atomic mass is 10.1. The highest BCUT2D eigenvalue weighted by atomic mass is 32.2. The molecule has 0 saturated carbocycles. The lowest BCUT2D eigenvalue weighted by molar-refractivity contribution is -0.120. The number of sulfonamides is 1. The van der Waals surface area contributed by atoms with Crippen LogP contribution in [-0.4, -0.2) is 32.4 Å². The summed E-state index contributed by atoms with van der Waals surface area (Å²) in [6.07, 6.45) is 0.768. The number of hydrogen-bond donors (Lipinski definition) is 2. The average Bonchev–Trinajstić information content (AvgIpc) is 2.95. The average molecular weight is 382 g/mol. The summed E-state index contributed by atoms with van der Waals surface area (Å²) in [6, 6.07) is 4.98. The van der Waals surface area contributed by atoms with Gasteiger partial charge in [0.1, 0.15) is 0 Å². The van der Waals surface area contributed by atoms with Crippen molar-refractivity contribution >= 4 is 27.3 Å². The fourth-order valence-corrected chi connectivity index (χ4v) is 3.97. The molecule has 0 bridgehead atoms. The van der Waals surface area contributed by atoms with Crippen molar-refractivity contribution in [3.8, 4) is 0 Å². The van der Waals surface area contributed by atoms with Gasteiger partial charge in [-0.25, -0.2) is 18.1 Å². The summed E-state index contributed by atoms with van der Waals surface area (Å²) in [5.41, 5.74) is 2.91. The summed E-state index contributed by atoms with van der Waals surface area (Å²) >= 11 is 1.58. The number of aryl methyl sites for hydroxylation is 3. The Hall–Kier alpha value is -1.77. The number of benzene rings is 1. The van der Waals surface area contributed by atoms with E-state index < -0.39 is 10.0 Å². The highest BCUT2D eigenvalue weighted by molar-refractivity contribution is 7.89. The molecular weight excluding hydrogens is 358 g/mol. The van der Waals surface area contributed by atoms with E-state index in [1.165, 1.54) is 0 Å². The molecule has 0 aliphatic rings. The van der Waals surface area contributed by atoms with Crippen molar-refractivity contribution in [2.45, 2.75) is 38.5 Å². The minimum absolute atomic E-state index is 0.0664. The van der Waals surface area contributed by atoms with Crippen LogP contribution in [0.4, 0.5) is 0 Å². The lowest BCUT2D eigenvalue weighted by Gasteiger charge is -2.09. The third-order valence-corrected chi connectivity index (χ3v) is 6.08. The highest BCUT2D eigenvalue weighted by Gasteiger charge is 2.14. The standard InChI is InChI=1S/C17H23N3O3S2/c1-12-4-5-16(10-13(12)2)25(22,23)19-9-7-17(21)18-8-6-15-11-24-14(3)20-15/h4-5,10-11,19H,6-9H2,1-3H3,(H,18,21). The summed E-state index contributed by atoms with van der Waals surface area (Å²) in [7, 11) is -3.59. The zero-order chi connectivity index (χ0) is 18.4. The van der Waals surface area contributed by atoms with E-state index in [-0.39, 0.29) is 23.8 Å². The molecule has 136 valence electrons. The number of rotatable bonds is 8. The lowest BCUT2D eigenvalue weighted by Crippen LogP contribution is -2.31. The topological polar surface area (TPSA) is 88.2 Å². The van der Waals surface area contributed by atoms with Gasteiger partial charge in [0, 0.05) is 31.3 Å². The van der Waals surface area contributed by atoms with Crippen molar-refractivity contribution in [3.05, 3.63) is 45.4 Å². The molecule has 1 aromatic heterocycles. The molecule has 6 nitrogen and oxygen atoms in total. The van der Waals surface area contributed by atoms with Crippen LogP contribution in [0.1, 0.15) is 28.2 Å².